The second-order valence-corrected chi connectivity index (χ2v) is 6.71. The lowest BCUT2D eigenvalue weighted by Gasteiger charge is -2.04. The molecule has 0 spiro atoms. The fourth-order valence-corrected chi connectivity index (χ4v) is 3.22. The number of hydrogen-bond donors (Lipinski definition) is 2. The summed E-state index contributed by atoms with van der Waals surface area (Å²) < 4.78 is 0. The first kappa shape index (κ1) is 16.9. The standard InChI is InChI=1S/C19H17N3O2S/c1-12-17(14-6-4-3-5-7-14)21-19(25-12)22-18(24)15-8-10-16(11-9-15)20-13(2)23/h3-11H,1-2H3,(H,20,23)(H,21,22,24). The van der Waals surface area contributed by atoms with Gasteiger partial charge in [0.1, 0.15) is 0 Å². The largest absolute Gasteiger partial charge is 0.326 e. The third-order valence-electron chi connectivity index (χ3n) is 3.53. The van der Waals surface area contributed by atoms with Crippen LogP contribution < -0.4 is 10.6 Å². The van der Waals surface area contributed by atoms with Crippen LogP contribution in [0.1, 0.15) is 22.2 Å². The van der Waals surface area contributed by atoms with Gasteiger partial charge in [0.15, 0.2) is 5.13 Å². The van der Waals surface area contributed by atoms with Gasteiger partial charge < -0.3 is 5.32 Å². The number of nitrogens with one attached hydrogen (secondary N) is 2. The summed E-state index contributed by atoms with van der Waals surface area (Å²) in [5.41, 5.74) is 3.06. The summed E-state index contributed by atoms with van der Waals surface area (Å²) in [5.74, 6) is -0.383. The Morgan fingerprint density at radius 1 is 0.960 bits per heavy atom. The van der Waals surface area contributed by atoms with Crippen LogP contribution in [0.5, 0.6) is 0 Å². The van der Waals surface area contributed by atoms with Gasteiger partial charge >= 0.3 is 0 Å². The molecule has 0 aliphatic heterocycles. The van der Waals surface area contributed by atoms with Gasteiger partial charge in [-0.1, -0.05) is 30.3 Å². The van der Waals surface area contributed by atoms with E-state index in [4.69, 9.17) is 0 Å². The van der Waals surface area contributed by atoms with E-state index >= 15 is 0 Å². The normalized spacial score (nSPS) is 10.3. The highest BCUT2D eigenvalue weighted by molar-refractivity contribution is 7.16. The Morgan fingerprint density at radius 3 is 2.28 bits per heavy atom. The highest BCUT2D eigenvalue weighted by Crippen LogP contribution is 2.30. The molecule has 1 heterocycles. The zero-order valence-corrected chi connectivity index (χ0v) is 14.7. The van der Waals surface area contributed by atoms with Crippen LogP contribution in [0.2, 0.25) is 0 Å². The molecular weight excluding hydrogens is 334 g/mol. The molecule has 5 nitrogen and oxygen atoms in total. The average Bonchev–Trinajstić information content (AvgIpc) is 2.96. The number of benzene rings is 2. The molecule has 0 radical (unpaired) electrons. The maximum Gasteiger partial charge on any atom is 0.257 e. The second-order valence-electron chi connectivity index (χ2n) is 5.50. The Balaban J connectivity index is 1.74. The monoisotopic (exact) mass is 351 g/mol. The van der Waals surface area contributed by atoms with Gasteiger partial charge in [-0.2, -0.15) is 0 Å². The molecule has 0 bridgehead atoms. The summed E-state index contributed by atoms with van der Waals surface area (Å²) in [7, 11) is 0. The number of thiazole rings is 1. The van der Waals surface area contributed by atoms with E-state index in [1.165, 1.54) is 18.3 Å². The van der Waals surface area contributed by atoms with Gasteiger partial charge in [-0.25, -0.2) is 4.98 Å². The Bertz CT molecular complexity index is 902. The summed E-state index contributed by atoms with van der Waals surface area (Å²) in [6.45, 7) is 3.42. The minimum absolute atomic E-state index is 0.149. The van der Waals surface area contributed by atoms with Gasteiger partial charge in [0.05, 0.1) is 5.69 Å². The van der Waals surface area contributed by atoms with Crippen molar-refractivity contribution in [1.29, 1.82) is 0 Å². The first-order chi connectivity index (χ1) is 12.0. The van der Waals surface area contributed by atoms with Crippen LogP contribution in [0.3, 0.4) is 0 Å². The minimum atomic E-state index is -0.234. The summed E-state index contributed by atoms with van der Waals surface area (Å²) >= 11 is 1.44. The van der Waals surface area contributed by atoms with E-state index < -0.39 is 0 Å². The van der Waals surface area contributed by atoms with E-state index in [-0.39, 0.29) is 11.8 Å². The average molecular weight is 351 g/mol. The topological polar surface area (TPSA) is 71.1 Å². The van der Waals surface area contributed by atoms with Crippen LogP contribution >= 0.6 is 11.3 Å². The highest BCUT2D eigenvalue weighted by Gasteiger charge is 2.13. The van der Waals surface area contributed by atoms with Crippen LogP contribution in [-0.4, -0.2) is 16.8 Å². The predicted molar refractivity (Wildman–Crippen MR) is 101 cm³/mol. The lowest BCUT2D eigenvalue weighted by Crippen LogP contribution is -2.12. The molecule has 0 fully saturated rings. The van der Waals surface area contributed by atoms with Gasteiger partial charge in [-0.15, -0.1) is 11.3 Å². The van der Waals surface area contributed by atoms with Crippen molar-refractivity contribution in [2.24, 2.45) is 0 Å². The van der Waals surface area contributed by atoms with E-state index in [1.807, 2.05) is 37.3 Å². The van der Waals surface area contributed by atoms with Gasteiger partial charge in [-0.05, 0) is 31.2 Å². The zero-order valence-electron chi connectivity index (χ0n) is 13.9. The molecule has 126 valence electrons. The molecule has 0 saturated heterocycles. The summed E-state index contributed by atoms with van der Waals surface area (Å²) in [4.78, 5) is 29.0. The predicted octanol–water partition coefficient (Wildman–Crippen LogP) is 4.33. The summed E-state index contributed by atoms with van der Waals surface area (Å²) in [5, 5.41) is 6.06. The lowest BCUT2D eigenvalue weighted by molar-refractivity contribution is -0.114. The number of hydrogen-bond acceptors (Lipinski definition) is 4. The smallest absolute Gasteiger partial charge is 0.257 e. The van der Waals surface area contributed by atoms with Crippen molar-refractivity contribution in [2.75, 3.05) is 10.6 Å². The van der Waals surface area contributed by atoms with Crippen LogP contribution in [0, 0.1) is 6.92 Å². The molecule has 1 aromatic heterocycles. The van der Waals surface area contributed by atoms with Crippen molar-refractivity contribution >= 4 is 34.0 Å². The number of aromatic nitrogens is 1. The number of aryl methyl sites for hydroxylation is 1. The molecule has 6 heteroatoms. The molecule has 3 rings (SSSR count). The Labute approximate surface area is 149 Å². The molecule has 25 heavy (non-hydrogen) atoms. The number of amides is 2. The van der Waals surface area contributed by atoms with E-state index in [2.05, 4.69) is 15.6 Å². The number of nitrogens with zero attached hydrogens (tertiary/aromatic N) is 1. The zero-order chi connectivity index (χ0) is 17.8. The number of carbonyl (C=O) groups is 2. The van der Waals surface area contributed by atoms with Gasteiger partial charge in [0, 0.05) is 28.6 Å². The van der Waals surface area contributed by atoms with Gasteiger partial charge in [0.25, 0.3) is 5.91 Å². The Hall–Kier alpha value is -2.99. The maximum absolute atomic E-state index is 12.4. The summed E-state index contributed by atoms with van der Waals surface area (Å²) in [6.07, 6.45) is 0. The van der Waals surface area contributed by atoms with Crippen LogP contribution in [0.25, 0.3) is 11.3 Å². The van der Waals surface area contributed by atoms with Crippen molar-refractivity contribution in [2.45, 2.75) is 13.8 Å². The van der Waals surface area contributed by atoms with Crippen molar-refractivity contribution in [3.8, 4) is 11.3 Å². The number of carbonyl (C=O) groups excluding carboxylic acids is 2. The van der Waals surface area contributed by atoms with Crippen LogP contribution in [-0.2, 0) is 4.79 Å². The molecule has 2 amide bonds. The van der Waals surface area contributed by atoms with E-state index in [0.29, 0.717) is 16.4 Å². The lowest BCUT2D eigenvalue weighted by atomic mass is 10.1. The molecule has 0 atom stereocenters. The van der Waals surface area contributed by atoms with Gasteiger partial charge in [0.2, 0.25) is 5.91 Å². The molecule has 3 aromatic rings. The quantitative estimate of drug-likeness (QED) is 0.735. The van der Waals surface area contributed by atoms with Crippen LogP contribution in [0.15, 0.2) is 54.6 Å². The maximum atomic E-state index is 12.4. The summed E-state index contributed by atoms with van der Waals surface area (Å²) in [6, 6.07) is 16.6. The minimum Gasteiger partial charge on any atom is -0.326 e. The molecule has 0 saturated carbocycles. The third-order valence-corrected chi connectivity index (χ3v) is 4.42. The molecular formula is C19H17N3O2S. The van der Waals surface area contributed by atoms with E-state index in [9.17, 15) is 9.59 Å². The number of rotatable bonds is 4. The van der Waals surface area contributed by atoms with Crippen LogP contribution in [0.4, 0.5) is 10.8 Å². The molecule has 0 aliphatic rings. The Morgan fingerprint density at radius 2 is 1.64 bits per heavy atom. The molecule has 0 unspecified atom stereocenters. The fourth-order valence-electron chi connectivity index (χ4n) is 2.39. The SMILES string of the molecule is CC(=O)Nc1ccc(C(=O)Nc2nc(-c3ccccc3)c(C)s2)cc1. The second kappa shape index (κ2) is 7.27. The van der Waals surface area contributed by atoms with Crippen molar-refractivity contribution in [1.82, 2.24) is 4.98 Å². The van der Waals surface area contributed by atoms with Crippen molar-refractivity contribution < 1.29 is 9.59 Å². The van der Waals surface area contributed by atoms with E-state index in [0.717, 1.165) is 16.1 Å². The first-order valence-electron chi connectivity index (χ1n) is 7.75. The highest BCUT2D eigenvalue weighted by atomic mass is 32.1. The Kier molecular flexibility index (Phi) is 4.90. The number of anilines is 2. The fraction of sp³-hybridized carbons (Fsp3) is 0.105. The van der Waals surface area contributed by atoms with Crippen molar-refractivity contribution in [3.05, 3.63) is 65.0 Å². The first-order valence-corrected chi connectivity index (χ1v) is 8.56. The van der Waals surface area contributed by atoms with E-state index in [1.54, 1.807) is 24.3 Å². The van der Waals surface area contributed by atoms with Gasteiger partial charge in [-0.3, -0.25) is 14.9 Å². The third kappa shape index (κ3) is 4.10. The molecule has 2 aromatic carbocycles. The van der Waals surface area contributed by atoms with Crippen molar-refractivity contribution in [3.63, 3.8) is 0 Å². The molecule has 0 aliphatic carbocycles. The molecule has 2 N–H and O–H groups in total.